The van der Waals surface area contributed by atoms with Crippen molar-refractivity contribution in [3.8, 4) is 0 Å². The van der Waals surface area contributed by atoms with Gasteiger partial charge in [-0.3, -0.25) is 4.99 Å². The Balaban J connectivity index is 2.60. The van der Waals surface area contributed by atoms with Crippen molar-refractivity contribution in [2.24, 2.45) is 15.3 Å². The molecule has 1 aliphatic heterocycles. The van der Waals surface area contributed by atoms with Gasteiger partial charge in [0, 0.05) is 6.54 Å². The fraction of sp³-hybridized carbons (Fsp3) is 0.500. The molecule has 0 spiro atoms. The third-order valence-electron chi connectivity index (χ3n) is 1.16. The Hall–Kier alpha value is -1.54. The van der Waals surface area contributed by atoms with E-state index in [4.69, 9.17) is 5.26 Å². The number of nitrogens with zero attached hydrogens (tertiary/aromatic N) is 3. The number of nitroso groups, excluding NO2 is 1. The van der Waals surface area contributed by atoms with Gasteiger partial charge in [0.25, 0.3) is 5.84 Å². The molecule has 0 unspecified atom stereocenters. The first-order valence-electron chi connectivity index (χ1n) is 3.13. The lowest BCUT2D eigenvalue weighted by molar-refractivity contribution is -0.291. The zero-order valence-corrected chi connectivity index (χ0v) is 6.02. The second-order valence-electron chi connectivity index (χ2n) is 1.87. The van der Waals surface area contributed by atoms with Crippen LogP contribution in [-0.2, 0) is 4.99 Å². The maximum atomic E-state index is 10.1. The molecule has 0 bridgehead atoms. The van der Waals surface area contributed by atoms with Crippen molar-refractivity contribution < 1.29 is 10.2 Å². The highest BCUT2D eigenvalue weighted by Crippen LogP contribution is 1.89. The summed E-state index contributed by atoms with van der Waals surface area (Å²) in [6, 6.07) is 0. The molecule has 0 amide bonds. The smallest absolute Gasteiger partial charge is 0.259 e. The summed E-state index contributed by atoms with van der Waals surface area (Å²) in [5, 5.41) is 16.4. The molecule has 8 nitrogen and oxygen atoms in total. The maximum absolute atomic E-state index is 10.1. The Kier molecular flexibility index (Phi) is 3.11. The summed E-state index contributed by atoms with van der Waals surface area (Å²) in [5.41, 5.74) is 1.71. The van der Waals surface area contributed by atoms with Gasteiger partial charge in [-0.05, 0) is 5.18 Å². The summed E-state index contributed by atoms with van der Waals surface area (Å²) in [4.78, 5) is 17.4. The second-order valence-corrected chi connectivity index (χ2v) is 1.87. The first kappa shape index (κ1) is 8.56. The lowest BCUT2D eigenvalue weighted by atomic mass is 10.5. The Labute approximate surface area is 67.2 Å². The van der Waals surface area contributed by atoms with E-state index in [-0.39, 0.29) is 11.7 Å². The highest BCUT2D eigenvalue weighted by molar-refractivity contribution is 6.41. The topological polar surface area (TPSA) is 108 Å². The molecule has 0 aromatic heterocycles. The van der Waals surface area contributed by atoms with E-state index in [2.05, 4.69) is 25.6 Å². The second kappa shape index (κ2) is 4.36. The van der Waals surface area contributed by atoms with E-state index < -0.39 is 0 Å². The van der Waals surface area contributed by atoms with Crippen LogP contribution in [0.15, 0.2) is 15.3 Å². The molecule has 0 saturated heterocycles. The summed E-state index contributed by atoms with van der Waals surface area (Å²) in [5.74, 6) is 0.0936. The summed E-state index contributed by atoms with van der Waals surface area (Å²) < 4.78 is 0. The van der Waals surface area contributed by atoms with E-state index >= 15 is 0 Å². The number of hydrazone groups is 1. The molecule has 0 aromatic rings. The normalized spacial score (nSPS) is 16.8. The molecule has 0 fully saturated rings. The van der Waals surface area contributed by atoms with Gasteiger partial charge in [-0.2, -0.15) is 5.59 Å². The number of rotatable bonds is 3. The van der Waals surface area contributed by atoms with Crippen molar-refractivity contribution in [2.45, 2.75) is 0 Å². The Morgan fingerprint density at radius 1 is 1.83 bits per heavy atom. The Morgan fingerprint density at radius 3 is 3.17 bits per heavy atom. The molecule has 0 aliphatic carbocycles. The van der Waals surface area contributed by atoms with Crippen LogP contribution in [0, 0.1) is 4.91 Å². The van der Waals surface area contributed by atoms with Gasteiger partial charge in [-0.15, -0.1) is 10.0 Å². The number of aliphatic imine (C=N–C) groups is 1. The molecule has 3 N–H and O–H groups in total. The van der Waals surface area contributed by atoms with Crippen LogP contribution in [0.4, 0.5) is 0 Å². The minimum absolute atomic E-state index is 0.193. The number of hydrogen-bond acceptors (Lipinski definition) is 7. The summed E-state index contributed by atoms with van der Waals surface area (Å²) >= 11 is 0. The molecule has 12 heavy (non-hydrogen) atoms. The predicted octanol–water partition coefficient (Wildman–Crippen LogP) is -0.938. The minimum Gasteiger partial charge on any atom is -0.365 e. The fourth-order valence-corrected chi connectivity index (χ4v) is 0.728. The van der Waals surface area contributed by atoms with Crippen LogP contribution < -0.4 is 10.9 Å². The largest absolute Gasteiger partial charge is 0.365 e. The first-order chi connectivity index (χ1) is 5.88. The van der Waals surface area contributed by atoms with Gasteiger partial charge in [-0.25, -0.2) is 5.26 Å². The Morgan fingerprint density at radius 2 is 2.67 bits per heavy atom. The SMILES string of the molecule is O=N/C(=N\NOO)C1=NCCN1. The molecule has 0 radical (unpaired) electrons. The van der Waals surface area contributed by atoms with Crippen molar-refractivity contribution in [1.29, 1.82) is 0 Å². The average Bonchev–Trinajstić information content (AvgIpc) is 2.59. The molecule has 0 atom stereocenters. The molecular formula is C4H7N5O3. The van der Waals surface area contributed by atoms with Crippen molar-refractivity contribution in [2.75, 3.05) is 13.1 Å². The van der Waals surface area contributed by atoms with Crippen LogP contribution in [0.25, 0.3) is 0 Å². The van der Waals surface area contributed by atoms with Gasteiger partial charge in [0.05, 0.1) is 6.54 Å². The number of amidine groups is 2. The van der Waals surface area contributed by atoms with E-state index in [0.717, 1.165) is 0 Å². The third-order valence-corrected chi connectivity index (χ3v) is 1.16. The number of hydrogen-bond donors (Lipinski definition) is 3. The maximum Gasteiger partial charge on any atom is 0.259 e. The van der Waals surface area contributed by atoms with E-state index in [0.29, 0.717) is 13.1 Å². The quantitative estimate of drug-likeness (QED) is 0.168. The van der Waals surface area contributed by atoms with Crippen LogP contribution in [0.5, 0.6) is 0 Å². The highest BCUT2D eigenvalue weighted by atomic mass is 17.2. The molecule has 1 aliphatic rings. The highest BCUT2D eigenvalue weighted by Gasteiger charge is 2.13. The zero-order chi connectivity index (χ0) is 8.81. The summed E-state index contributed by atoms with van der Waals surface area (Å²) in [6.45, 7) is 1.22. The van der Waals surface area contributed by atoms with Crippen LogP contribution in [-0.4, -0.2) is 30.0 Å². The summed E-state index contributed by atoms with van der Waals surface area (Å²) in [6.07, 6.45) is 0. The molecule has 1 heterocycles. The van der Waals surface area contributed by atoms with E-state index in [1.165, 1.54) is 0 Å². The van der Waals surface area contributed by atoms with E-state index in [1.54, 1.807) is 5.59 Å². The molecule has 0 saturated carbocycles. The van der Waals surface area contributed by atoms with Crippen LogP contribution in [0.3, 0.4) is 0 Å². The average molecular weight is 173 g/mol. The molecular weight excluding hydrogens is 166 g/mol. The van der Waals surface area contributed by atoms with E-state index in [9.17, 15) is 4.91 Å². The molecule has 1 rings (SSSR count). The summed E-state index contributed by atoms with van der Waals surface area (Å²) in [7, 11) is 0. The monoisotopic (exact) mass is 173 g/mol. The molecule has 8 heteroatoms. The number of nitrogens with one attached hydrogen (secondary N) is 2. The van der Waals surface area contributed by atoms with Crippen molar-refractivity contribution in [1.82, 2.24) is 10.9 Å². The fourth-order valence-electron chi connectivity index (χ4n) is 0.728. The lowest BCUT2D eigenvalue weighted by Gasteiger charge is -1.97. The van der Waals surface area contributed by atoms with Gasteiger partial charge >= 0.3 is 0 Å². The van der Waals surface area contributed by atoms with Crippen molar-refractivity contribution >= 4 is 11.7 Å². The lowest BCUT2D eigenvalue weighted by Crippen LogP contribution is -2.27. The first-order valence-corrected chi connectivity index (χ1v) is 3.13. The zero-order valence-electron chi connectivity index (χ0n) is 6.02. The van der Waals surface area contributed by atoms with Crippen molar-refractivity contribution in [3.05, 3.63) is 4.91 Å². The molecule has 0 aromatic carbocycles. The van der Waals surface area contributed by atoms with Crippen molar-refractivity contribution in [3.63, 3.8) is 0 Å². The third kappa shape index (κ3) is 1.97. The predicted molar refractivity (Wildman–Crippen MR) is 40.4 cm³/mol. The van der Waals surface area contributed by atoms with Crippen LogP contribution >= 0.6 is 0 Å². The van der Waals surface area contributed by atoms with Crippen LogP contribution in [0.2, 0.25) is 0 Å². The molecule has 66 valence electrons. The van der Waals surface area contributed by atoms with Gasteiger partial charge in [0.1, 0.15) is 0 Å². The van der Waals surface area contributed by atoms with Gasteiger partial charge < -0.3 is 5.32 Å². The Bertz CT molecular complexity index is 225. The minimum atomic E-state index is -0.193. The standard InChI is InChI=1S/C4H7N5O3/c10-8-4(7-9-12-11)3-5-1-2-6-3/h9,11H,1-2H2,(H,5,6)/b7-4-. The van der Waals surface area contributed by atoms with Gasteiger partial charge in [-0.1, -0.05) is 4.99 Å². The van der Waals surface area contributed by atoms with Crippen LogP contribution in [0.1, 0.15) is 0 Å². The van der Waals surface area contributed by atoms with Gasteiger partial charge in [0.15, 0.2) is 5.84 Å². The van der Waals surface area contributed by atoms with E-state index in [1.807, 2.05) is 0 Å². The van der Waals surface area contributed by atoms with Gasteiger partial charge in [0.2, 0.25) is 0 Å².